The van der Waals surface area contributed by atoms with Crippen molar-refractivity contribution in [3.05, 3.63) is 46.9 Å². The Morgan fingerprint density at radius 1 is 1.35 bits per heavy atom. The summed E-state index contributed by atoms with van der Waals surface area (Å²) in [7, 11) is 0. The van der Waals surface area contributed by atoms with Gasteiger partial charge in [0.2, 0.25) is 0 Å². The highest BCUT2D eigenvalue weighted by Gasteiger charge is 2.21. The first-order valence-electron chi connectivity index (χ1n) is 6.31. The molecule has 0 aromatic carbocycles. The highest BCUT2D eigenvalue weighted by Crippen LogP contribution is 2.14. The van der Waals surface area contributed by atoms with Gasteiger partial charge in [0.25, 0.3) is 5.91 Å². The van der Waals surface area contributed by atoms with E-state index >= 15 is 0 Å². The normalized spacial score (nSPS) is 10.8. The minimum absolute atomic E-state index is 0.0189. The zero-order valence-corrected chi connectivity index (χ0v) is 12.4. The van der Waals surface area contributed by atoms with Gasteiger partial charge in [-0.2, -0.15) is 0 Å². The van der Waals surface area contributed by atoms with E-state index in [1.54, 1.807) is 4.90 Å². The van der Waals surface area contributed by atoms with Crippen molar-refractivity contribution >= 4 is 17.5 Å². The summed E-state index contributed by atoms with van der Waals surface area (Å²) in [6, 6.07) is 3.76. The summed E-state index contributed by atoms with van der Waals surface area (Å²) in [4.78, 5) is 22.0. The van der Waals surface area contributed by atoms with Crippen molar-refractivity contribution in [3.63, 3.8) is 0 Å². The number of carbonyl (C=O) groups excluding carboxylic acids is 1. The van der Waals surface area contributed by atoms with Crippen LogP contribution in [0.3, 0.4) is 0 Å². The second-order valence-corrected chi connectivity index (χ2v) is 5.15. The Labute approximate surface area is 122 Å². The van der Waals surface area contributed by atoms with E-state index in [-0.39, 0.29) is 22.8 Å². The van der Waals surface area contributed by atoms with Crippen LogP contribution in [0.5, 0.6) is 0 Å². The Morgan fingerprint density at radius 3 is 2.60 bits per heavy atom. The van der Waals surface area contributed by atoms with Gasteiger partial charge in [0.1, 0.15) is 22.4 Å². The van der Waals surface area contributed by atoms with E-state index in [9.17, 15) is 4.79 Å². The molecule has 2 aromatic heterocycles. The number of aromatic nitrogens is 2. The molecule has 1 amide bonds. The molecule has 106 valence electrons. The molecule has 0 aliphatic carbocycles. The number of hydrogen-bond donors (Lipinski definition) is 0. The van der Waals surface area contributed by atoms with Crippen LogP contribution in [0.1, 0.15) is 35.9 Å². The first-order valence-corrected chi connectivity index (χ1v) is 6.69. The van der Waals surface area contributed by atoms with Crippen LogP contribution in [-0.4, -0.2) is 26.8 Å². The second kappa shape index (κ2) is 6.05. The number of amides is 1. The van der Waals surface area contributed by atoms with E-state index in [1.165, 1.54) is 12.4 Å². The van der Waals surface area contributed by atoms with Gasteiger partial charge in [-0.3, -0.25) is 4.79 Å². The van der Waals surface area contributed by atoms with Crippen molar-refractivity contribution in [2.45, 2.75) is 33.4 Å². The van der Waals surface area contributed by atoms with Crippen LogP contribution >= 0.6 is 11.6 Å². The summed E-state index contributed by atoms with van der Waals surface area (Å²) in [6.07, 6.45) is 2.75. The number of carbonyl (C=O) groups is 1. The Kier molecular flexibility index (Phi) is 4.39. The lowest BCUT2D eigenvalue weighted by Crippen LogP contribution is -2.36. The smallest absolute Gasteiger partial charge is 0.274 e. The van der Waals surface area contributed by atoms with Crippen molar-refractivity contribution < 1.29 is 9.21 Å². The van der Waals surface area contributed by atoms with Crippen LogP contribution in [-0.2, 0) is 6.54 Å². The van der Waals surface area contributed by atoms with Crippen molar-refractivity contribution in [1.29, 1.82) is 0 Å². The summed E-state index contributed by atoms with van der Waals surface area (Å²) < 4.78 is 5.52. The molecule has 0 aliphatic heterocycles. The van der Waals surface area contributed by atoms with Crippen LogP contribution in [0, 0.1) is 6.92 Å². The third kappa shape index (κ3) is 3.36. The fourth-order valence-corrected chi connectivity index (χ4v) is 1.89. The minimum Gasteiger partial charge on any atom is -0.464 e. The minimum atomic E-state index is -0.196. The van der Waals surface area contributed by atoms with E-state index < -0.39 is 0 Å². The molecule has 0 unspecified atom stereocenters. The molecule has 0 fully saturated rings. The summed E-state index contributed by atoms with van der Waals surface area (Å²) in [5.74, 6) is 1.37. The lowest BCUT2D eigenvalue weighted by Gasteiger charge is -2.25. The summed E-state index contributed by atoms with van der Waals surface area (Å²) in [5, 5.41) is 0.263. The molecule has 6 heteroatoms. The van der Waals surface area contributed by atoms with Gasteiger partial charge in [-0.25, -0.2) is 9.97 Å². The number of nitrogens with zero attached hydrogens (tertiary/aromatic N) is 3. The maximum atomic E-state index is 12.4. The molecule has 0 N–H and O–H groups in total. The number of aryl methyl sites for hydroxylation is 1. The van der Waals surface area contributed by atoms with Gasteiger partial charge in [-0.05, 0) is 32.9 Å². The van der Waals surface area contributed by atoms with E-state index in [4.69, 9.17) is 16.0 Å². The monoisotopic (exact) mass is 293 g/mol. The topological polar surface area (TPSA) is 59.2 Å². The molecule has 0 saturated heterocycles. The number of rotatable bonds is 4. The number of halogens is 1. The quantitative estimate of drug-likeness (QED) is 0.869. The van der Waals surface area contributed by atoms with E-state index in [1.807, 2.05) is 32.9 Å². The third-order valence-electron chi connectivity index (χ3n) is 2.85. The lowest BCUT2D eigenvalue weighted by molar-refractivity contribution is 0.0668. The summed E-state index contributed by atoms with van der Waals surface area (Å²) in [5.41, 5.74) is 0.270. The van der Waals surface area contributed by atoms with Gasteiger partial charge in [0.15, 0.2) is 0 Å². The Balaban J connectivity index is 2.19. The number of hydrogen-bond acceptors (Lipinski definition) is 4. The highest BCUT2D eigenvalue weighted by atomic mass is 35.5. The van der Waals surface area contributed by atoms with E-state index in [2.05, 4.69) is 9.97 Å². The van der Waals surface area contributed by atoms with Crippen molar-refractivity contribution in [3.8, 4) is 0 Å². The SMILES string of the molecule is Cc1ccc(CN(C(=O)c2cnc(Cl)cn2)C(C)C)o1. The molecular weight excluding hydrogens is 278 g/mol. The average molecular weight is 294 g/mol. The highest BCUT2D eigenvalue weighted by molar-refractivity contribution is 6.29. The first kappa shape index (κ1) is 14.5. The van der Waals surface area contributed by atoms with E-state index in [0.717, 1.165) is 11.5 Å². The standard InChI is InChI=1S/C14H16ClN3O2/c1-9(2)18(8-11-5-4-10(3)20-11)14(19)12-6-17-13(15)7-16-12/h4-7,9H,8H2,1-3H3. The first-order chi connectivity index (χ1) is 9.47. The predicted molar refractivity (Wildman–Crippen MR) is 75.5 cm³/mol. The molecule has 2 aromatic rings. The van der Waals surface area contributed by atoms with Crippen molar-refractivity contribution in [2.24, 2.45) is 0 Å². The fourth-order valence-electron chi connectivity index (χ4n) is 1.80. The van der Waals surface area contributed by atoms with Crippen LogP contribution in [0.2, 0.25) is 5.15 Å². The van der Waals surface area contributed by atoms with Crippen LogP contribution in [0.25, 0.3) is 0 Å². The van der Waals surface area contributed by atoms with Gasteiger partial charge in [-0.1, -0.05) is 11.6 Å². The molecule has 20 heavy (non-hydrogen) atoms. The number of furan rings is 1. The molecular formula is C14H16ClN3O2. The van der Waals surface area contributed by atoms with Gasteiger partial charge in [0, 0.05) is 6.04 Å². The zero-order valence-electron chi connectivity index (χ0n) is 11.6. The van der Waals surface area contributed by atoms with Crippen molar-refractivity contribution in [2.75, 3.05) is 0 Å². The van der Waals surface area contributed by atoms with Crippen LogP contribution in [0.15, 0.2) is 28.9 Å². The van der Waals surface area contributed by atoms with Crippen LogP contribution < -0.4 is 0 Å². The molecule has 0 spiro atoms. The fraction of sp³-hybridized carbons (Fsp3) is 0.357. The molecule has 2 rings (SSSR count). The zero-order chi connectivity index (χ0) is 14.7. The van der Waals surface area contributed by atoms with Gasteiger partial charge >= 0.3 is 0 Å². The second-order valence-electron chi connectivity index (χ2n) is 4.76. The third-order valence-corrected chi connectivity index (χ3v) is 3.04. The summed E-state index contributed by atoms with van der Waals surface area (Å²) in [6.45, 7) is 6.15. The van der Waals surface area contributed by atoms with Gasteiger partial charge in [0.05, 0.1) is 18.9 Å². The Morgan fingerprint density at radius 2 is 2.10 bits per heavy atom. The Bertz CT molecular complexity index is 593. The van der Waals surface area contributed by atoms with Gasteiger partial charge < -0.3 is 9.32 Å². The molecule has 0 bridgehead atoms. The summed E-state index contributed by atoms with van der Waals surface area (Å²) >= 11 is 5.68. The van der Waals surface area contributed by atoms with Crippen molar-refractivity contribution in [1.82, 2.24) is 14.9 Å². The molecule has 0 saturated carbocycles. The predicted octanol–water partition coefficient (Wildman–Crippen LogP) is 3.08. The van der Waals surface area contributed by atoms with Crippen LogP contribution in [0.4, 0.5) is 0 Å². The molecule has 0 atom stereocenters. The maximum Gasteiger partial charge on any atom is 0.274 e. The van der Waals surface area contributed by atoms with Gasteiger partial charge in [-0.15, -0.1) is 0 Å². The molecule has 2 heterocycles. The lowest BCUT2D eigenvalue weighted by atomic mass is 10.2. The van der Waals surface area contributed by atoms with E-state index in [0.29, 0.717) is 6.54 Å². The molecule has 5 nitrogen and oxygen atoms in total. The Hall–Kier alpha value is -1.88. The molecule has 0 aliphatic rings. The maximum absolute atomic E-state index is 12.4. The average Bonchev–Trinajstić information content (AvgIpc) is 2.81. The largest absolute Gasteiger partial charge is 0.464 e. The molecule has 0 radical (unpaired) electrons.